The minimum Gasteiger partial charge on any atom is -0.462 e. The van der Waals surface area contributed by atoms with E-state index in [0.29, 0.717) is 24.3 Å². The minimum atomic E-state index is -0.329. The number of rotatable bonds is 0. The van der Waals surface area contributed by atoms with E-state index in [2.05, 4.69) is 0 Å². The minimum absolute atomic E-state index is 0.329. The lowest BCUT2D eigenvalue weighted by Crippen LogP contribution is -2.09. The Labute approximate surface area is 144 Å². The zero-order valence-electron chi connectivity index (χ0n) is 14.4. The number of hydrogen-bond acceptors (Lipinski definition) is 4. The summed E-state index contributed by atoms with van der Waals surface area (Å²) in [4.78, 5) is 23.9. The van der Waals surface area contributed by atoms with Crippen molar-refractivity contribution in [3.8, 4) is 0 Å². The second kappa shape index (κ2) is 10.8. The van der Waals surface area contributed by atoms with Crippen LogP contribution in [0.4, 0.5) is 0 Å². The van der Waals surface area contributed by atoms with Crippen molar-refractivity contribution in [3.05, 3.63) is 35.4 Å². The van der Waals surface area contributed by atoms with Crippen molar-refractivity contribution >= 4 is 11.9 Å². The molecule has 0 N–H and O–H groups in total. The molecular weight excluding hydrogens is 304 g/mol. The Morgan fingerprint density at radius 1 is 0.500 bits per heavy atom. The third-order valence-electron chi connectivity index (χ3n) is 4.36. The van der Waals surface area contributed by atoms with Crippen LogP contribution >= 0.6 is 0 Å². The fourth-order valence-electron chi connectivity index (χ4n) is 2.86. The lowest BCUT2D eigenvalue weighted by Gasteiger charge is -2.08. The molecule has 0 amide bonds. The lowest BCUT2D eigenvalue weighted by atomic mass is 10.1. The van der Waals surface area contributed by atoms with E-state index in [9.17, 15) is 9.59 Å². The molecular formula is C20H28O4. The number of carbonyl (C=O) groups excluding carboxylic acids is 2. The van der Waals surface area contributed by atoms with Gasteiger partial charge in [-0.3, -0.25) is 0 Å². The Kier molecular flexibility index (Phi) is 8.36. The molecule has 0 aliphatic carbocycles. The Morgan fingerprint density at radius 2 is 0.792 bits per heavy atom. The summed E-state index contributed by atoms with van der Waals surface area (Å²) in [5.74, 6) is -0.659. The van der Waals surface area contributed by atoms with Crippen molar-refractivity contribution in [2.45, 2.75) is 64.2 Å². The van der Waals surface area contributed by atoms with E-state index in [-0.39, 0.29) is 11.9 Å². The van der Waals surface area contributed by atoms with Gasteiger partial charge in [-0.05, 0) is 37.1 Å². The SMILES string of the molecule is O=C1OCCCCCCCCCCCCOC(=O)c2ccc1cc2. The van der Waals surface area contributed by atoms with Gasteiger partial charge in [0, 0.05) is 0 Å². The molecule has 2 aliphatic heterocycles. The Bertz CT molecular complexity index is 460. The lowest BCUT2D eigenvalue weighted by molar-refractivity contribution is 0.0483. The summed E-state index contributed by atoms with van der Waals surface area (Å²) in [7, 11) is 0. The van der Waals surface area contributed by atoms with Gasteiger partial charge >= 0.3 is 11.9 Å². The second-order valence-corrected chi connectivity index (χ2v) is 6.38. The molecule has 1 aromatic carbocycles. The molecule has 132 valence electrons. The van der Waals surface area contributed by atoms with E-state index in [1.54, 1.807) is 24.3 Å². The van der Waals surface area contributed by atoms with Crippen molar-refractivity contribution in [2.24, 2.45) is 0 Å². The van der Waals surface area contributed by atoms with Crippen LogP contribution in [0.1, 0.15) is 84.9 Å². The fraction of sp³-hybridized carbons (Fsp3) is 0.600. The first kappa shape index (κ1) is 18.5. The van der Waals surface area contributed by atoms with Gasteiger partial charge in [0.15, 0.2) is 0 Å². The highest BCUT2D eigenvalue weighted by Crippen LogP contribution is 2.12. The first-order valence-electron chi connectivity index (χ1n) is 9.22. The third-order valence-corrected chi connectivity index (χ3v) is 4.36. The van der Waals surface area contributed by atoms with Crippen LogP contribution in [0.25, 0.3) is 0 Å². The monoisotopic (exact) mass is 332 g/mol. The molecule has 0 spiro atoms. The smallest absolute Gasteiger partial charge is 0.338 e. The average Bonchev–Trinajstić information content (AvgIpc) is 2.61. The predicted octanol–water partition coefficient (Wildman–Crippen LogP) is 4.91. The molecule has 0 unspecified atom stereocenters. The molecule has 0 aromatic heterocycles. The van der Waals surface area contributed by atoms with Gasteiger partial charge in [-0.15, -0.1) is 0 Å². The molecule has 4 heteroatoms. The summed E-state index contributed by atoms with van der Waals surface area (Å²) < 4.78 is 10.6. The summed E-state index contributed by atoms with van der Waals surface area (Å²) in [5, 5.41) is 0. The van der Waals surface area contributed by atoms with Gasteiger partial charge in [0.1, 0.15) is 0 Å². The maximum absolute atomic E-state index is 11.9. The van der Waals surface area contributed by atoms with Crippen molar-refractivity contribution in [2.75, 3.05) is 13.2 Å². The maximum Gasteiger partial charge on any atom is 0.338 e. The van der Waals surface area contributed by atoms with Crippen LogP contribution in [-0.4, -0.2) is 25.2 Å². The molecule has 0 radical (unpaired) electrons. The van der Waals surface area contributed by atoms with Crippen molar-refractivity contribution in [1.29, 1.82) is 0 Å². The normalized spacial score (nSPS) is 19.3. The number of carbonyl (C=O) groups is 2. The van der Waals surface area contributed by atoms with Gasteiger partial charge in [-0.25, -0.2) is 9.59 Å². The van der Waals surface area contributed by atoms with E-state index < -0.39 is 0 Å². The van der Waals surface area contributed by atoms with Crippen molar-refractivity contribution < 1.29 is 19.1 Å². The zero-order chi connectivity index (χ0) is 17.0. The molecule has 0 saturated heterocycles. The molecule has 1 aromatic rings. The van der Waals surface area contributed by atoms with Crippen LogP contribution in [0.15, 0.2) is 24.3 Å². The molecule has 4 nitrogen and oxygen atoms in total. The Morgan fingerprint density at radius 3 is 1.12 bits per heavy atom. The molecule has 3 rings (SSSR count). The zero-order valence-corrected chi connectivity index (χ0v) is 14.4. The van der Waals surface area contributed by atoms with Crippen molar-refractivity contribution in [3.63, 3.8) is 0 Å². The topological polar surface area (TPSA) is 52.6 Å². The van der Waals surface area contributed by atoms with Crippen LogP contribution in [0, 0.1) is 0 Å². The number of ether oxygens (including phenoxy) is 2. The largest absolute Gasteiger partial charge is 0.462 e. The van der Waals surface area contributed by atoms with Gasteiger partial charge in [-0.1, -0.05) is 51.4 Å². The van der Waals surface area contributed by atoms with Gasteiger partial charge in [0.05, 0.1) is 24.3 Å². The van der Waals surface area contributed by atoms with Crippen LogP contribution in [0.3, 0.4) is 0 Å². The van der Waals surface area contributed by atoms with Crippen LogP contribution in [0.2, 0.25) is 0 Å². The number of benzene rings is 1. The van der Waals surface area contributed by atoms with Gasteiger partial charge in [0.25, 0.3) is 0 Å². The summed E-state index contributed by atoms with van der Waals surface area (Å²) >= 11 is 0. The summed E-state index contributed by atoms with van der Waals surface area (Å²) in [6.07, 6.45) is 11.5. The third kappa shape index (κ3) is 6.73. The fourth-order valence-corrected chi connectivity index (χ4v) is 2.86. The summed E-state index contributed by atoms with van der Waals surface area (Å²) in [5.41, 5.74) is 0.946. The predicted molar refractivity (Wildman–Crippen MR) is 93.2 cm³/mol. The summed E-state index contributed by atoms with van der Waals surface area (Å²) in [6, 6.07) is 6.49. The van der Waals surface area contributed by atoms with Crippen LogP contribution < -0.4 is 0 Å². The first-order valence-corrected chi connectivity index (χ1v) is 9.22. The highest BCUT2D eigenvalue weighted by Gasteiger charge is 2.11. The van der Waals surface area contributed by atoms with E-state index in [0.717, 1.165) is 25.7 Å². The number of fused-ring (bicyclic) bond motifs is 17. The van der Waals surface area contributed by atoms with Gasteiger partial charge in [-0.2, -0.15) is 0 Å². The molecule has 0 fully saturated rings. The van der Waals surface area contributed by atoms with Gasteiger partial charge < -0.3 is 9.47 Å². The van der Waals surface area contributed by atoms with Crippen LogP contribution in [-0.2, 0) is 9.47 Å². The molecule has 2 bridgehead atoms. The van der Waals surface area contributed by atoms with E-state index in [4.69, 9.17) is 9.47 Å². The van der Waals surface area contributed by atoms with E-state index in [1.807, 2.05) is 0 Å². The highest BCUT2D eigenvalue weighted by atomic mass is 16.5. The Balaban J connectivity index is 1.89. The van der Waals surface area contributed by atoms with Gasteiger partial charge in [0.2, 0.25) is 0 Å². The summed E-state index contributed by atoms with van der Waals surface area (Å²) in [6.45, 7) is 0.922. The van der Waals surface area contributed by atoms with E-state index in [1.165, 1.54) is 38.5 Å². The van der Waals surface area contributed by atoms with E-state index >= 15 is 0 Å². The molecule has 24 heavy (non-hydrogen) atoms. The standard InChI is InChI=1S/C20H28O4/c21-19-17-11-13-18(14-12-17)20(22)24-16-10-8-6-4-2-1-3-5-7-9-15-23-19/h11-14H,1-10,15-16H2. The molecule has 0 saturated carbocycles. The maximum atomic E-state index is 11.9. The quantitative estimate of drug-likeness (QED) is 0.633. The van der Waals surface area contributed by atoms with Crippen molar-refractivity contribution in [1.82, 2.24) is 0 Å². The van der Waals surface area contributed by atoms with Crippen LogP contribution in [0.5, 0.6) is 0 Å². The number of esters is 2. The molecule has 0 atom stereocenters. The second-order valence-electron chi connectivity index (χ2n) is 6.38. The first-order chi connectivity index (χ1) is 11.8. The Hall–Kier alpha value is -1.84. The average molecular weight is 332 g/mol. The number of hydrogen-bond donors (Lipinski definition) is 0. The molecule has 2 heterocycles. The highest BCUT2D eigenvalue weighted by molar-refractivity contribution is 5.93. The molecule has 2 aliphatic rings.